The van der Waals surface area contributed by atoms with E-state index in [0.29, 0.717) is 0 Å². The maximum absolute atomic E-state index is 5.85. The van der Waals surface area contributed by atoms with E-state index < -0.39 is 0 Å². The topological polar surface area (TPSA) is 13.1 Å². The number of aryl methyl sites for hydroxylation is 1. The summed E-state index contributed by atoms with van der Waals surface area (Å²) in [5.41, 5.74) is 2.29. The molecule has 0 bridgehead atoms. The maximum Gasteiger partial charge on any atom is 0.169 e. The summed E-state index contributed by atoms with van der Waals surface area (Å²) in [6.45, 7) is 0. The van der Waals surface area contributed by atoms with E-state index in [0.717, 1.165) is 17.1 Å². The van der Waals surface area contributed by atoms with E-state index in [9.17, 15) is 0 Å². The molecular weight excluding hydrogens is 270 g/mol. The van der Waals surface area contributed by atoms with Gasteiger partial charge in [0, 0.05) is 12.1 Å². The Morgan fingerprint density at radius 2 is 1.41 bits per heavy atom. The molecule has 0 fully saturated rings. The first kappa shape index (κ1) is 14.1. The van der Waals surface area contributed by atoms with E-state index >= 15 is 0 Å². The normalized spacial score (nSPS) is 10.8. The molecule has 0 aliphatic rings. The second-order valence-electron chi connectivity index (χ2n) is 5.12. The number of hydrogen-bond acceptors (Lipinski definition) is 1. The third kappa shape index (κ3) is 3.83. The van der Waals surface area contributed by atoms with E-state index in [1.54, 1.807) is 0 Å². The number of nitrogens with zero attached hydrogens (tertiary/aromatic N) is 1. The first-order chi connectivity index (χ1) is 10.8. The molecule has 108 valence electrons. The van der Waals surface area contributed by atoms with E-state index in [4.69, 9.17) is 4.74 Å². The lowest BCUT2D eigenvalue weighted by Gasteiger charge is -2.05. The summed E-state index contributed by atoms with van der Waals surface area (Å²) in [4.78, 5) is 0. The van der Waals surface area contributed by atoms with Gasteiger partial charge in [0.15, 0.2) is 12.4 Å². The van der Waals surface area contributed by atoms with Crippen LogP contribution in [-0.4, -0.2) is 0 Å². The zero-order chi connectivity index (χ0) is 15.2. The molecule has 0 saturated heterocycles. The predicted octanol–water partition coefficient (Wildman–Crippen LogP) is 4.47. The quantitative estimate of drug-likeness (QED) is 0.645. The van der Waals surface area contributed by atoms with Gasteiger partial charge in [-0.3, -0.25) is 0 Å². The van der Waals surface area contributed by atoms with Crippen LogP contribution < -0.4 is 9.30 Å². The molecule has 2 heteroatoms. The molecule has 0 aliphatic carbocycles. The Labute approximate surface area is 130 Å². The lowest BCUT2D eigenvalue weighted by atomic mass is 10.1. The molecule has 0 atom stereocenters. The fraction of sp³-hybridized carbons (Fsp3) is 0.0500. The Kier molecular flexibility index (Phi) is 4.30. The van der Waals surface area contributed by atoms with Crippen LogP contribution in [0.5, 0.6) is 11.5 Å². The molecule has 1 heterocycles. The summed E-state index contributed by atoms with van der Waals surface area (Å²) >= 11 is 0. The van der Waals surface area contributed by atoms with Crippen molar-refractivity contribution < 1.29 is 9.30 Å². The fourth-order valence-corrected chi connectivity index (χ4v) is 2.12. The van der Waals surface area contributed by atoms with E-state index in [-0.39, 0.29) is 0 Å². The van der Waals surface area contributed by atoms with Crippen LogP contribution in [0.2, 0.25) is 0 Å². The van der Waals surface area contributed by atoms with E-state index in [1.807, 2.05) is 72.5 Å². The van der Waals surface area contributed by atoms with Crippen LogP contribution in [0.15, 0.2) is 79.1 Å². The van der Waals surface area contributed by atoms with Crippen molar-refractivity contribution in [1.82, 2.24) is 0 Å². The molecule has 0 N–H and O–H groups in total. The summed E-state index contributed by atoms with van der Waals surface area (Å²) in [5.74, 6) is 1.69. The Morgan fingerprint density at radius 1 is 0.727 bits per heavy atom. The maximum atomic E-state index is 5.85. The van der Waals surface area contributed by atoms with Gasteiger partial charge >= 0.3 is 0 Å². The SMILES string of the molecule is C[n+]1ccc(/C=C/c2cccc(Oc3ccccc3)c2)cc1. The minimum atomic E-state index is 0.841. The largest absolute Gasteiger partial charge is 0.457 e. The summed E-state index contributed by atoms with van der Waals surface area (Å²) in [5, 5.41) is 0. The molecule has 2 nitrogen and oxygen atoms in total. The highest BCUT2D eigenvalue weighted by Crippen LogP contribution is 2.22. The van der Waals surface area contributed by atoms with Crippen LogP contribution in [0, 0.1) is 0 Å². The van der Waals surface area contributed by atoms with Crippen LogP contribution in [0.25, 0.3) is 12.2 Å². The Bertz CT molecular complexity index is 761. The first-order valence-electron chi connectivity index (χ1n) is 7.26. The van der Waals surface area contributed by atoms with Crippen LogP contribution in [0.3, 0.4) is 0 Å². The molecule has 2 aromatic carbocycles. The van der Waals surface area contributed by atoms with Crippen LogP contribution >= 0.6 is 0 Å². The third-order valence-electron chi connectivity index (χ3n) is 3.31. The molecule has 0 aliphatic heterocycles. The van der Waals surface area contributed by atoms with Crippen LogP contribution in [0.4, 0.5) is 0 Å². The fourth-order valence-electron chi connectivity index (χ4n) is 2.12. The smallest absolute Gasteiger partial charge is 0.169 e. The second-order valence-corrected chi connectivity index (χ2v) is 5.12. The van der Waals surface area contributed by atoms with Crippen molar-refractivity contribution in [3.63, 3.8) is 0 Å². The van der Waals surface area contributed by atoms with Crippen LogP contribution in [0.1, 0.15) is 11.1 Å². The molecule has 3 aromatic rings. The van der Waals surface area contributed by atoms with Gasteiger partial charge in [-0.2, -0.15) is 0 Å². The predicted molar refractivity (Wildman–Crippen MR) is 89.5 cm³/mol. The van der Waals surface area contributed by atoms with Gasteiger partial charge in [-0.1, -0.05) is 42.5 Å². The van der Waals surface area contributed by atoms with Crippen molar-refractivity contribution in [2.24, 2.45) is 7.05 Å². The van der Waals surface area contributed by atoms with Gasteiger partial charge in [0.05, 0.1) is 0 Å². The molecule has 0 amide bonds. The molecule has 3 rings (SSSR count). The molecular formula is C20H18NO+. The highest BCUT2D eigenvalue weighted by atomic mass is 16.5. The zero-order valence-electron chi connectivity index (χ0n) is 12.5. The molecule has 0 spiro atoms. The number of pyridine rings is 1. The minimum Gasteiger partial charge on any atom is -0.457 e. The molecule has 0 radical (unpaired) electrons. The molecule has 22 heavy (non-hydrogen) atoms. The highest BCUT2D eigenvalue weighted by Gasteiger charge is 1.97. The Balaban J connectivity index is 1.75. The van der Waals surface area contributed by atoms with Gasteiger partial charge in [0.1, 0.15) is 18.5 Å². The standard InChI is InChI=1S/C20H18NO/c1-21-14-12-17(13-15-21)10-11-18-6-5-9-20(16-18)22-19-7-3-2-4-8-19/h2-16H,1H3/q+1/b11-10+. The molecule has 0 unspecified atom stereocenters. The van der Waals surface area contributed by atoms with E-state index in [2.05, 4.69) is 30.4 Å². The number of aromatic nitrogens is 1. The van der Waals surface area contributed by atoms with Crippen molar-refractivity contribution in [3.05, 3.63) is 90.3 Å². The van der Waals surface area contributed by atoms with Gasteiger partial charge in [-0.05, 0) is 35.4 Å². The minimum absolute atomic E-state index is 0.841. The Morgan fingerprint density at radius 3 is 2.18 bits per heavy atom. The molecule has 1 aromatic heterocycles. The number of benzene rings is 2. The Hall–Kier alpha value is -2.87. The number of ether oxygens (including phenoxy) is 1. The van der Waals surface area contributed by atoms with Crippen molar-refractivity contribution in [1.29, 1.82) is 0 Å². The second kappa shape index (κ2) is 6.72. The summed E-state index contributed by atoms with van der Waals surface area (Å²) < 4.78 is 7.87. The van der Waals surface area contributed by atoms with Crippen LogP contribution in [-0.2, 0) is 7.05 Å². The zero-order valence-corrected chi connectivity index (χ0v) is 12.5. The van der Waals surface area contributed by atoms with Crippen molar-refractivity contribution >= 4 is 12.2 Å². The summed E-state index contributed by atoms with van der Waals surface area (Å²) in [7, 11) is 2.01. The first-order valence-corrected chi connectivity index (χ1v) is 7.26. The number of hydrogen-bond donors (Lipinski definition) is 0. The molecule has 0 saturated carbocycles. The monoisotopic (exact) mass is 288 g/mol. The van der Waals surface area contributed by atoms with Gasteiger partial charge in [0.25, 0.3) is 0 Å². The van der Waals surface area contributed by atoms with Crippen molar-refractivity contribution in [2.75, 3.05) is 0 Å². The highest BCUT2D eigenvalue weighted by molar-refractivity contribution is 5.69. The average molecular weight is 288 g/mol. The van der Waals surface area contributed by atoms with Crippen molar-refractivity contribution in [2.45, 2.75) is 0 Å². The summed E-state index contributed by atoms with van der Waals surface area (Å²) in [6, 6.07) is 22.1. The summed E-state index contributed by atoms with van der Waals surface area (Å²) in [6.07, 6.45) is 8.26. The van der Waals surface area contributed by atoms with Gasteiger partial charge < -0.3 is 4.74 Å². The third-order valence-corrected chi connectivity index (χ3v) is 3.31. The lowest BCUT2D eigenvalue weighted by molar-refractivity contribution is -0.671. The van der Waals surface area contributed by atoms with Gasteiger partial charge in [-0.15, -0.1) is 0 Å². The van der Waals surface area contributed by atoms with E-state index in [1.165, 1.54) is 5.56 Å². The lowest BCUT2D eigenvalue weighted by Crippen LogP contribution is -2.25. The number of rotatable bonds is 4. The van der Waals surface area contributed by atoms with Crippen molar-refractivity contribution in [3.8, 4) is 11.5 Å². The van der Waals surface area contributed by atoms with Gasteiger partial charge in [-0.25, -0.2) is 4.57 Å². The number of para-hydroxylation sites is 1. The van der Waals surface area contributed by atoms with Gasteiger partial charge in [0.2, 0.25) is 0 Å². The average Bonchev–Trinajstić information content (AvgIpc) is 2.56.